The summed E-state index contributed by atoms with van der Waals surface area (Å²) in [6.45, 7) is -0.000214. The van der Waals surface area contributed by atoms with Gasteiger partial charge in [0.25, 0.3) is 0 Å². The monoisotopic (exact) mass is 345 g/mol. The maximum absolute atomic E-state index is 9.77. The normalized spacial score (nSPS) is 12.2. The number of hydrogen-bond donors (Lipinski definition) is 2. The minimum Gasteiger partial charge on any atom is -0.394 e. The molecule has 0 spiro atoms. The lowest BCUT2D eigenvalue weighted by Gasteiger charge is -2.17. The third kappa shape index (κ3) is 3.27. The average Bonchev–Trinajstić information content (AvgIpc) is 3.14. The Morgan fingerprint density at radius 2 is 1.65 bits per heavy atom. The van der Waals surface area contributed by atoms with Crippen molar-refractivity contribution in [2.45, 2.75) is 12.5 Å². The fourth-order valence-electron chi connectivity index (χ4n) is 2.97. The Bertz CT molecular complexity index is 985. The number of aromatic nitrogens is 4. The van der Waals surface area contributed by atoms with Gasteiger partial charge in [0.1, 0.15) is 12.7 Å². The second-order valence-electron chi connectivity index (χ2n) is 6.06. The Morgan fingerprint density at radius 3 is 2.38 bits per heavy atom. The van der Waals surface area contributed by atoms with Gasteiger partial charge in [-0.25, -0.2) is 15.0 Å². The lowest BCUT2D eigenvalue weighted by Crippen LogP contribution is -2.27. The van der Waals surface area contributed by atoms with Gasteiger partial charge in [0, 0.05) is 5.69 Å². The predicted octanol–water partition coefficient (Wildman–Crippen LogP) is 2.83. The van der Waals surface area contributed by atoms with E-state index in [1.165, 1.54) is 6.33 Å². The first-order chi connectivity index (χ1) is 12.8. The van der Waals surface area contributed by atoms with E-state index in [0.717, 1.165) is 16.9 Å². The van der Waals surface area contributed by atoms with Crippen LogP contribution in [0.1, 0.15) is 5.56 Å². The Hall–Kier alpha value is -3.25. The number of hydrogen-bond acceptors (Lipinski definition) is 5. The van der Waals surface area contributed by atoms with Crippen molar-refractivity contribution in [3.8, 4) is 5.69 Å². The average molecular weight is 345 g/mol. The number of rotatable bonds is 6. The molecule has 130 valence electrons. The highest BCUT2D eigenvalue weighted by molar-refractivity contribution is 5.84. The molecule has 0 aliphatic carbocycles. The first kappa shape index (κ1) is 16.2. The van der Waals surface area contributed by atoms with E-state index in [9.17, 15) is 5.11 Å². The summed E-state index contributed by atoms with van der Waals surface area (Å²) in [5, 5.41) is 13.1. The minimum absolute atomic E-state index is 0.000214. The predicted molar refractivity (Wildman–Crippen MR) is 101 cm³/mol. The molecule has 26 heavy (non-hydrogen) atoms. The molecule has 0 unspecified atom stereocenters. The molecule has 0 saturated carbocycles. The molecule has 0 amide bonds. The van der Waals surface area contributed by atoms with Crippen LogP contribution >= 0.6 is 0 Å². The zero-order chi connectivity index (χ0) is 17.8. The summed E-state index contributed by atoms with van der Waals surface area (Å²) < 4.78 is 1.92. The summed E-state index contributed by atoms with van der Waals surface area (Å²) in [5.74, 6) is 0.625. The largest absolute Gasteiger partial charge is 0.394 e. The van der Waals surface area contributed by atoms with Crippen LogP contribution in [0.5, 0.6) is 0 Å². The zero-order valence-electron chi connectivity index (χ0n) is 14.2. The highest BCUT2D eigenvalue weighted by Gasteiger charge is 2.15. The number of aliphatic hydroxyl groups is 1. The van der Waals surface area contributed by atoms with Crippen molar-refractivity contribution < 1.29 is 5.11 Å². The molecule has 0 bridgehead atoms. The van der Waals surface area contributed by atoms with E-state index in [0.29, 0.717) is 17.8 Å². The van der Waals surface area contributed by atoms with Crippen molar-refractivity contribution in [2.24, 2.45) is 0 Å². The van der Waals surface area contributed by atoms with Crippen LogP contribution in [0.15, 0.2) is 73.3 Å². The van der Waals surface area contributed by atoms with Crippen LogP contribution in [0.3, 0.4) is 0 Å². The summed E-state index contributed by atoms with van der Waals surface area (Å²) in [4.78, 5) is 13.2. The van der Waals surface area contributed by atoms with Crippen LogP contribution in [0.2, 0.25) is 0 Å². The van der Waals surface area contributed by atoms with Crippen LogP contribution in [-0.2, 0) is 6.42 Å². The van der Waals surface area contributed by atoms with Crippen molar-refractivity contribution in [3.63, 3.8) is 0 Å². The second-order valence-corrected chi connectivity index (χ2v) is 6.06. The number of fused-ring (bicyclic) bond motifs is 1. The van der Waals surface area contributed by atoms with Gasteiger partial charge in [-0.15, -0.1) is 0 Å². The maximum Gasteiger partial charge on any atom is 0.170 e. The molecule has 4 rings (SSSR count). The standard InChI is InChI=1S/C20H19N5O/c26-12-16(11-15-7-3-1-4-8-15)24-19-18-20(22-13-21-19)25(14-23-18)17-9-5-2-6-10-17/h1-10,13-14,16,26H,11-12H2,(H,21,22,24)/t16-/m0/s1. The van der Waals surface area contributed by atoms with Gasteiger partial charge in [-0.05, 0) is 24.1 Å². The van der Waals surface area contributed by atoms with Gasteiger partial charge < -0.3 is 10.4 Å². The molecule has 2 aromatic carbocycles. The first-order valence-corrected chi connectivity index (χ1v) is 8.50. The highest BCUT2D eigenvalue weighted by Crippen LogP contribution is 2.21. The smallest absolute Gasteiger partial charge is 0.170 e. The highest BCUT2D eigenvalue weighted by atomic mass is 16.3. The quantitative estimate of drug-likeness (QED) is 0.562. The van der Waals surface area contributed by atoms with Crippen LogP contribution in [0.4, 0.5) is 5.82 Å². The van der Waals surface area contributed by atoms with E-state index in [1.807, 2.05) is 65.2 Å². The van der Waals surface area contributed by atoms with Gasteiger partial charge in [0.2, 0.25) is 0 Å². The minimum atomic E-state index is -0.155. The van der Waals surface area contributed by atoms with E-state index in [-0.39, 0.29) is 12.6 Å². The molecular weight excluding hydrogens is 326 g/mol. The third-order valence-electron chi connectivity index (χ3n) is 4.25. The van der Waals surface area contributed by atoms with Gasteiger partial charge in [0.15, 0.2) is 17.0 Å². The van der Waals surface area contributed by atoms with Gasteiger partial charge in [-0.2, -0.15) is 0 Å². The van der Waals surface area contributed by atoms with Crippen LogP contribution < -0.4 is 5.32 Å². The Morgan fingerprint density at radius 1 is 0.923 bits per heavy atom. The molecule has 2 aromatic heterocycles. The summed E-state index contributed by atoms with van der Waals surface area (Å²) in [7, 11) is 0. The van der Waals surface area contributed by atoms with Crippen LogP contribution in [0, 0.1) is 0 Å². The topological polar surface area (TPSA) is 75.9 Å². The fourth-order valence-corrected chi connectivity index (χ4v) is 2.97. The van der Waals surface area contributed by atoms with Crippen LogP contribution in [-0.4, -0.2) is 37.3 Å². The van der Waals surface area contributed by atoms with E-state index in [1.54, 1.807) is 6.33 Å². The van der Waals surface area contributed by atoms with Crippen molar-refractivity contribution >= 4 is 17.0 Å². The summed E-state index contributed by atoms with van der Waals surface area (Å²) in [5.41, 5.74) is 3.55. The molecule has 4 aromatic rings. The lowest BCUT2D eigenvalue weighted by molar-refractivity contribution is 0.273. The van der Waals surface area contributed by atoms with Crippen LogP contribution in [0.25, 0.3) is 16.9 Å². The molecule has 1 atom stereocenters. The van der Waals surface area contributed by atoms with Crippen molar-refractivity contribution in [2.75, 3.05) is 11.9 Å². The van der Waals surface area contributed by atoms with Gasteiger partial charge >= 0.3 is 0 Å². The second kappa shape index (κ2) is 7.33. The molecule has 0 aliphatic rings. The van der Waals surface area contributed by atoms with Crippen molar-refractivity contribution in [1.29, 1.82) is 0 Å². The Kier molecular flexibility index (Phi) is 4.57. The van der Waals surface area contributed by atoms with E-state index < -0.39 is 0 Å². The molecule has 0 fully saturated rings. The fraction of sp³-hybridized carbons (Fsp3) is 0.150. The summed E-state index contributed by atoms with van der Waals surface area (Å²) >= 11 is 0. The van der Waals surface area contributed by atoms with Gasteiger partial charge in [-0.1, -0.05) is 48.5 Å². The molecule has 0 radical (unpaired) electrons. The number of anilines is 1. The molecular formula is C20H19N5O. The summed E-state index contributed by atoms with van der Waals surface area (Å²) in [6.07, 6.45) is 3.95. The van der Waals surface area contributed by atoms with E-state index in [2.05, 4.69) is 20.3 Å². The van der Waals surface area contributed by atoms with E-state index in [4.69, 9.17) is 0 Å². The number of imidazole rings is 1. The Labute approximate surface area is 151 Å². The third-order valence-corrected chi connectivity index (χ3v) is 4.25. The number of benzene rings is 2. The molecule has 0 aliphatic heterocycles. The number of nitrogens with zero attached hydrogens (tertiary/aromatic N) is 4. The summed E-state index contributed by atoms with van der Waals surface area (Å²) in [6, 6.07) is 19.8. The lowest BCUT2D eigenvalue weighted by atomic mass is 10.1. The molecule has 2 heterocycles. The van der Waals surface area contributed by atoms with E-state index >= 15 is 0 Å². The molecule has 6 nitrogen and oxygen atoms in total. The van der Waals surface area contributed by atoms with Crippen molar-refractivity contribution in [3.05, 3.63) is 78.9 Å². The molecule has 2 N–H and O–H groups in total. The molecule has 0 saturated heterocycles. The Balaban J connectivity index is 1.63. The first-order valence-electron chi connectivity index (χ1n) is 8.50. The van der Waals surface area contributed by atoms with Crippen molar-refractivity contribution in [1.82, 2.24) is 19.5 Å². The number of nitrogens with one attached hydrogen (secondary N) is 1. The number of para-hydroxylation sites is 1. The maximum atomic E-state index is 9.77. The molecule has 6 heteroatoms. The number of aliphatic hydroxyl groups excluding tert-OH is 1. The van der Waals surface area contributed by atoms with Gasteiger partial charge in [0.05, 0.1) is 12.6 Å². The SMILES string of the molecule is OC[C@H](Cc1ccccc1)Nc1ncnc2c1ncn2-c1ccccc1. The van der Waals surface area contributed by atoms with Gasteiger partial charge in [-0.3, -0.25) is 4.57 Å². The zero-order valence-corrected chi connectivity index (χ0v) is 14.2.